The van der Waals surface area contributed by atoms with Crippen LogP contribution in [0.3, 0.4) is 0 Å². The van der Waals surface area contributed by atoms with Crippen molar-refractivity contribution in [2.24, 2.45) is 11.8 Å². The topological polar surface area (TPSA) is 123 Å². The van der Waals surface area contributed by atoms with Gasteiger partial charge in [-0.1, -0.05) is 19.2 Å². The first-order chi connectivity index (χ1) is 24.7. The molecule has 3 atom stereocenters. The Morgan fingerprint density at radius 3 is 1.54 bits per heavy atom. The number of rotatable bonds is 9. The molecule has 0 heterocycles. The van der Waals surface area contributed by atoms with Crippen molar-refractivity contribution in [2.75, 3.05) is 6.61 Å². The van der Waals surface area contributed by atoms with Gasteiger partial charge in [-0.25, -0.2) is 9.59 Å². The molecule has 0 spiro atoms. The van der Waals surface area contributed by atoms with Gasteiger partial charge in [-0.05, 0) is 89.1 Å². The summed E-state index contributed by atoms with van der Waals surface area (Å²) in [5.74, 6) is -7.14. The lowest BCUT2D eigenvalue weighted by atomic mass is 9.66. The zero-order valence-electron chi connectivity index (χ0n) is 29.8. The number of alkyl halides is 15. The number of hydrogen-bond acceptors (Lipinski definition) is 8. The average molecular weight is 847 g/mol. The van der Waals surface area contributed by atoms with Crippen molar-refractivity contribution in [1.29, 1.82) is 0 Å². The van der Waals surface area contributed by atoms with Crippen LogP contribution in [-0.4, -0.2) is 82.2 Å². The summed E-state index contributed by atoms with van der Waals surface area (Å²) in [6, 6.07) is 2.20. The van der Waals surface area contributed by atoms with Crippen molar-refractivity contribution in [3.8, 4) is 0 Å². The number of hydrogen-bond donors (Lipinski definition) is 3. The van der Waals surface area contributed by atoms with E-state index in [-0.39, 0.29) is 17.7 Å². The highest BCUT2D eigenvalue weighted by atomic mass is 19.4. The molecule has 3 N–H and O–H groups in total. The Morgan fingerprint density at radius 1 is 0.732 bits per heavy atom. The van der Waals surface area contributed by atoms with E-state index >= 15 is 0 Å². The number of esters is 1. The molecule has 3 unspecified atom stereocenters. The largest absolute Gasteiger partial charge is 0.508 e. The van der Waals surface area contributed by atoms with Crippen LogP contribution in [0.25, 0.3) is 6.08 Å². The van der Waals surface area contributed by atoms with Crippen molar-refractivity contribution in [3.05, 3.63) is 53.6 Å². The number of halogens is 15. The zero-order valence-corrected chi connectivity index (χ0v) is 29.8. The van der Waals surface area contributed by atoms with Crippen LogP contribution in [0.5, 0.6) is 0 Å². The lowest BCUT2D eigenvalue weighted by Crippen LogP contribution is -2.66. The second kappa shape index (κ2) is 16.6. The van der Waals surface area contributed by atoms with Crippen LogP contribution < -0.4 is 0 Å². The Labute approximate surface area is 308 Å². The molecular formula is C33H37F15O8. The maximum atomic E-state index is 14.0. The molecule has 1 aromatic rings. The van der Waals surface area contributed by atoms with Crippen molar-refractivity contribution in [1.82, 2.24) is 0 Å². The molecule has 0 aromatic heterocycles. The van der Waals surface area contributed by atoms with E-state index in [0.29, 0.717) is 12.1 Å². The second-order valence-corrected chi connectivity index (χ2v) is 13.6. The monoisotopic (exact) mass is 846 g/mol. The van der Waals surface area contributed by atoms with Crippen molar-refractivity contribution in [2.45, 2.75) is 113 Å². The van der Waals surface area contributed by atoms with Crippen LogP contribution in [0, 0.1) is 11.8 Å². The van der Waals surface area contributed by atoms with E-state index in [1.54, 1.807) is 0 Å². The van der Waals surface area contributed by atoms with Crippen molar-refractivity contribution in [3.63, 3.8) is 0 Å². The molecule has 1 saturated carbocycles. The lowest BCUT2D eigenvalue weighted by Gasteiger charge is -2.48. The Bertz CT molecular complexity index is 1530. The van der Waals surface area contributed by atoms with Gasteiger partial charge in [0, 0.05) is 11.5 Å². The third-order valence-corrected chi connectivity index (χ3v) is 8.58. The lowest BCUT2D eigenvalue weighted by molar-refractivity contribution is -0.390. The molecule has 8 nitrogen and oxygen atoms in total. The Morgan fingerprint density at radius 2 is 1.18 bits per heavy atom. The molecule has 1 aliphatic rings. The highest BCUT2D eigenvalue weighted by Crippen LogP contribution is 2.57. The van der Waals surface area contributed by atoms with Gasteiger partial charge < -0.3 is 29.5 Å². The summed E-state index contributed by atoms with van der Waals surface area (Å²) in [5, 5.41) is 29.5. The summed E-state index contributed by atoms with van der Waals surface area (Å²) in [6.45, 7) is 11.1. The van der Waals surface area contributed by atoms with E-state index < -0.39 is 114 Å². The van der Waals surface area contributed by atoms with Crippen LogP contribution in [0.1, 0.15) is 70.6 Å². The molecule has 1 aromatic carbocycles. The molecule has 0 aliphatic heterocycles. The number of benzene rings is 1. The number of ether oxygens (including phenoxy) is 3. The van der Waals surface area contributed by atoms with Gasteiger partial charge in [-0.2, -0.15) is 65.9 Å². The van der Waals surface area contributed by atoms with E-state index in [0.717, 1.165) is 19.9 Å². The molecule has 1 fully saturated rings. The van der Waals surface area contributed by atoms with E-state index in [2.05, 4.69) is 22.6 Å². The summed E-state index contributed by atoms with van der Waals surface area (Å²) in [7, 11) is 0. The van der Waals surface area contributed by atoms with Gasteiger partial charge >= 0.3 is 48.6 Å². The molecule has 322 valence electrons. The van der Waals surface area contributed by atoms with Gasteiger partial charge in [0.1, 0.15) is 11.7 Å². The Kier molecular flexibility index (Phi) is 14.9. The first-order valence-electron chi connectivity index (χ1n) is 15.8. The fourth-order valence-electron chi connectivity index (χ4n) is 5.53. The van der Waals surface area contributed by atoms with Gasteiger partial charge in [0.05, 0.1) is 17.8 Å². The second-order valence-electron chi connectivity index (χ2n) is 13.6. The molecule has 1 aliphatic carbocycles. The van der Waals surface area contributed by atoms with Gasteiger partial charge in [-0.15, -0.1) is 0 Å². The highest BCUT2D eigenvalue weighted by Gasteiger charge is 2.78. The predicted molar refractivity (Wildman–Crippen MR) is 163 cm³/mol. The zero-order chi connectivity index (χ0) is 44.5. The predicted octanol–water partition coefficient (Wildman–Crippen LogP) is 9.11. The van der Waals surface area contributed by atoms with Crippen LogP contribution in [0.4, 0.5) is 70.7 Å². The van der Waals surface area contributed by atoms with Crippen LogP contribution in [0.15, 0.2) is 36.9 Å². The molecule has 0 saturated heterocycles. The molecule has 0 amide bonds. The normalized spacial score (nSPS) is 19.3. The summed E-state index contributed by atoms with van der Waals surface area (Å²) in [5.41, 5.74) is -18.4. The van der Waals surface area contributed by atoms with Gasteiger partial charge in [0.15, 0.2) is 0 Å². The molecule has 0 bridgehead atoms. The standard InChI is InChI=1S/C19H23F9O6.C14H14F6O2/c1-5-32-14(30)33-12-7-10(15(3,4)31)6-11(8-12)16(18(23,24)25,19(26,27)28)34-13(29)9(2)17(20,21)22;1-4-8-5-9(11(2,3)21)7-10(6-8)12(22,13(15,16)17)14(18,19)20/h10-12,31H,2,5-8H2,1,3-4H3;4-7,21-22H,1H2,2-3H3. The smallest absolute Gasteiger partial charge is 0.436 e. The quantitative estimate of drug-likeness (QED) is 0.128. The van der Waals surface area contributed by atoms with Gasteiger partial charge in [0.2, 0.25) is 0 Å². The molecule has 56 heavy (non-hydrogen) atoms. The van der Waals surface area contributed by atoms with E-state index in [4.69, 9.17) is 4.74 Å². The fraction of sp³-hybridized carbons (Fsp3) is 0.636. The number of carbonyl (C=O) groups is 2. The highest BCUT2D eigenvalue weighted by molar-refractivity contribution is 5.89. The number of aliphatic hydroxyl groups is 3. The molecule has 0 radical (unpaired) electrons. The van der Waals surface area contributed by atoms with Crippen LogP contribution in [-0.2, 0) is 30.2 Å². The molecule has 23 heteroatoms. The summed E-state index contributed by atoms with van der Waals surface area (Å²) >= 11 is 0. The maximum Gasteiger partial charge on any atom is 0.508 e. The Hall–Kier alpha value is -3.73. The maximum absolute atomic E-state index is 14.0. The van der Waals surface area contributed by atoms with E-state index in [1.807, 2.05) is 0 Å². The van der Waals surface area contributed by atoms with Gasteiger partial charge in [-0.3, -0.25) is 0 Å². The van der Waals surface area contributed by atoms with Crippen LogP contribution in [0.2, 0.25) is 0 Å². The first-order valence-corrected chi connectivity index (χ1v) is 15.8. The third kappa shape index (κ3) is 11.2. The average Bonchev–Trinajstić information content (AvgIpc) is 2.99. The molecule has 2 rings (SSSR count). The van der Waals surface area contributed by atoms with E-state index in [1.165, 1.54) is 26.8 Å². The minimum absolute atomic E-state index is 0.0958. The molecular weight excluding hydrogens is 809 g/mol. The Balaban J connectivity index is 0.000000614. The summed E-state index contributed by atoms with van der Waals surface area (Å²) < 4.78 is 212. The van der Waals surface area contributed by atoms with Gasteiger partial charge in [0.25, 0.3) is 5.60 Å². The first kappa shape index (κ1) is 50.3. The minimum Gasteiger partial charge on any atom is -0.436 e. The minimum atomic E-state index is -6.45. The number of carbonyl (C=O) groups excluding carboxylic acids is 2. The summed E-state index contributed by atoms with van der Waals surface area (Å²) in [4.78, 5) is 23.4. The SMILES string of the molecule is C=C(C(=O)OC(C1CC(OC(=O)OCC)CC(C(C)(C)O)C1)(C(F)(F)F)C(F)(F)F)C(F)(F)F.C=Cc1cc(C(C)(C)O)cc(C(O)(C(F)(F)F)C(F)(F)F)c1. The van der Waals surface area contributed by atoms with Crippen LogP contribution >= 0.6 is 0 Å². The van der Waals surface area contributed by atoms with Crippen molar-refractivity contribution >= 4 is 18.2 Å². The fourth-order valence-corrected chi connectivity index (χ4v) is 5.53. The summed E-state index contributed by atoms with van der Waals surface area (Å²) in [6.07, 6.45) is -35.3. The van der Waals surface area contributed by atoms with Crippen molar-refractivity contribution < 1.29 is 105 Å². The van der Waals surface area contributed by atoms with E-state index in [9.17, 15) is 90.8 Å². The third-order valence-electron chi connectivity index (χ3n) is 8.58.